The maximum Gasteiger partial charge on any atom is 0.0864 e. The molecule has 1 aliphatic heterocycles. The van der Waals surface area contributed by atoms with Gasteiger partial charge in [-0.2, -0.15) is 0 Å². The van der Waals surface area contributed by atoms with E-state index in [9.17, 15) is 0 Å². The summed E-state index contributed by atoms with van der Waals surface area (Å²) in [6.45, 7) is 7.07. The van der Waals surface area contributed by atoms with E-state index in [0.717, 1.165) is 11.8 Å². The first-order valence-corrected chi connectivity index (χ1v) is 5.77. The molecule has 0 amide bonds. The van der Waals surface area contributed by atoms with Crippen molar-refractivity contribution in [3.63, 3.8) is 0 Å². The lowest BCUT2D eigenvalue weighted by Gasteiger charge is -2.22. The van der Waals surface area contributed by atoms with Crippen molar-refractivity contribution in [3.05, 3.63) is 11.9 Å². The summed E-state index contributed by atoms with van der Waals surface area (Å²) < 4.78 is 1.81. The Kier molecular flexibility index (Phi) is 1.89. The maximum atomic E-state index is 4.22. The Bertz CT molecular complexity index is 358. The van der Waals surface area contributed by atoms with Crippen LogP contribution in [0.25, 0.3) is 0 Å². The first-order chi connectivity index (χ1) is 7.16. The van der Waals surface area contributed by atoms with Crippen LogP contribution in [0.4, 0.5) is 0 Å². The van der Waals surface area contributed by atoms with Gasteiger partial charge in [0.1, 0.15) is 0 Å². The van der Waals surface area contributed by atoms with Crippen LogP contribution in [0.2, 0.25) is 0 Å². The lowest BCUT2D eigenvalue weighted by atomic mass is 10.2. The molecule has 0 N–H and O–H groups in total. The van der Waals surface area contributed by atoms with Gasteiger partial charge in [-0.15, -0.1) is 5.10 Å². The number of rotatable bonds is 2. The second-order valence-corrected chi connectivity index (χ2v) is 5.22. The molecule has 2 heterocycles. The molecule has 2 unspecified atom stereocenters. The third-order valence-electron chi connectivity index (χ3n) is 3.91. The van der Waals surface area contributed by atoms with Crippen LogP contribution in [-0.2, 0) is 7.05 Å². The molecular weight excluding hydrogens is 188 g/mol. The molecule has 0 radical (unpaired) electrons. The topological polar surface area (TPSA) is 34.0 Å². The molecule has 3 rings (SSSR count). The summed E-state index contributed by atoms with van der Waals surface area (Å²) >= 11 is 0. The highest BCUT2D eigenvalue weighted by Crippen LogP contribution is 2.57. The molecule has 1 saturated heterocycles. The molecule has 2 aliphatic rings. The molecular formula is C11H18N4. The number of piperidine rings is 1. The minimum Gasteiger partial charge on any atom is -0.300 e. The number of aryl methyl sites for hydroxylation is 1. The number of aromatic nitrogens is 3. The standard InChI is InChI=1S/C11H18N4/c1-7(2)15-4-8-9(5-15)11(8)10-6-14(3)13-12-10/h6-9,11H,4-5H2,1-3H3. The Morgan fingerprint density at radius 1 is 1.33 bits per heavy atom. The maximum absolute atomic E-state index is 4.22. The Morgan fingerprint density at radius 2 is 2.00 bits per heavy atom. The minimum atomic E-state index is 0.695. The Labute approximate surface area is 90.3 Å². The van der Waals surface area contributed by atoms with Crippen molar-refractivity contribution in [2.24, 2.45) is 18.9 Å². The zero-order valence-corrected chi connectivity index (χ0v) is 9.59. The van der Waals surface area contributed by atoms with Crippen LogP contribution in [0, 0.1) is 11.8 Å². The smallest absolute Gasteiger partial charge is 0.0864 e. The van der Waals surface area contributed by atoms with Crippen molar-refractivity contribution in [1.29, 1.82) is 0 Å². The number of likely N-dealkylation sites (tertiary alicyclic amines) is 1. The van der Waals surface area contributed by atoms with E-state index in [1.54, 1.807) is 0 Å². The second-order valence-electron chi connectivity index (χ2n) is 5.22. The summed E-state index contributed by atoms with van der Waals surface area (Å²) in [6, 6.07) is 0.695. The number of hydrogen-bond acceptors (Lipinski definition) is 3. The molecule has 4 nitrogen and oxygen atoms in total. The van der Waals surface area contributed by atoms with Gasteiger partial charge < -0.3 is 4.90 Å². The van der Waals surface area contributed by atoms with Crippen LogP contribution in [0.1, 0.15) is 25.5 Å². The lowest BCUT2D eigenvalue weighted by Crippen LogP contribution is -2.31. The van der Waals surface area contributed by atoms with Gasteiger partial charge in [-0.25, -0.2) is 0 Å². The van der Waals surface area contributed by atoms with Crippen LogP contribution < -0.4 is 0 Å². The van der Waals surface area contributed by atoms with Crippen LogP contribution in [0.15, 0.2) is 6.20 Å². The van der Waals surface area contributed by atoms with E-state index in [4.69, 9.17) is 0 Å². The van der Waals surface area contributed by atoms with Gasteiger partial charge >= 0.3 is 0 Å². The van der Waals surface area contributed by atoms with Gasteiger partial charge in [0, 0.05) is 38.3 Å². The Morgan fingerprint density at radius 3 is 2.47 bits per heavy atom. The molecule has 0 aromatic carbocycles. The Hall–Kier alpha value is -0.900. The molecule has 1 saturated carbocycles. The first kappa shape index (κ1) is 9.33. The largest absolute Gasteiger partial charge is 0.300 e. The van der Waals surface area contributed by atoms with E-state index in [-0.39, 0.29) is 0 Å². The fourth-order valence-corrected chi connectivity index (χ4v) is 2.94. The average Bonchev–Trinajstić information content (AvgIpc) is 2.62. The van der Waals surface area contributed by atoms with Crippen molar-refractivity contribution in [1.82, 2.24) is 19.9 Å². The third kappa shape index (κ3) is 1.39. The molecule has 0 bridgehead atoms. The first-order valence-electron chi connectivity index (χ1n) is 5.77. The van der Waals surface area contributed by atoms with Crippen LogP contribution in [0.3, 0.4) is 0 Å². The monoisotopic (exact) mass is 206 g/mol. The molecule has 0 spiro atoms. The fourth-order valence-electron chi connectivity index (χ4n) is 2.94. The highest BCUT2D eigenvalue weighted by Gasteiger charge is 2.57. The van der Waals surface area contributed by atoms with Gasteiger partial charge in [0.15, 0.2) is 0 Å². The van der Waals surface area contributed by atoms with Gasteiger partial charge in [-0.1, -0.05) is 5.21 Å². The predicted octanol–water partition coefficient (Wildman–Crippen LogP) is 0.869. The predicted molar refractivity (Wildman–Crippen MR) is 57.4 cm³/mol. The lowest BCUT2D eigenvalue weighted by molar-refractivity contribution is 0.242. The van der Waals surface area contributed by atoms with Crippen molar-refractivity contribution in [2.75, 3.05) is 13.1 Å². The van der Waals surface area contributed by atoms with E-state index in [0.29, 0.717) is 12.0 Å². The zero-order valence-electron chi connectivity index (χ0n) is 9.59. The average molecular weight is 206 g/mol. The SMILES string of the molecule is CC(C)N1CC2C(C1)C2c1cn(C)nn1. The second kappa shape index (κ2) is 3.04. The van der Waals surface area contributed by atoms with Crippen molar-refractivity contribution < 1.29 is 0 Å². The van der Waals surface area contributed by atoms with Crippen molar-refractivity contribution in [2.45, 2.75) is 25.8 Å². The summed E-state index contributed by atoms with van der Waals surface area (Å²) in [5.74, 6) is 2.40. The summed E-state index contributed by atoms with van der Waals surface area (Å²) in [5.41, 5.74) is 1.20. The highest BCUT2D eigenvalue weighted by atomic mass is 15.4. The van der Waals surface area contributed by atoms with Gasteiger partial charge in [0.2, 0.25) is 0 Å². The Balaban J connectivity index is 1.68. The molecule has 1 aromatic heterocycles. The van der Waals surface area contributed by atoms with E-state index in [2.05, 4.69) is 35.3 Å². The number of hydrogen-bond donors (Lipinski definition) is 0. The summed E-state index contributed by atoms with van der Waals surface area (Å²) in [5, 5.41) is 8.24. The zero-order chi connectivity index (χ0) is 10.6. The van der Waals surface area contributed by atoms with E-state index >= 15 is 0 Å². The van der Waals surface area contributed by atoms with Crippen molar-refractivity contribution >= 4 is 0 Å². The molecule has 15 heavy (non-hydrogen) atoms. The van der Waals surface area contributed by atoms with Crippen LogP contribution in [-0.4, -0.2) is 39.0 Å². The summed E-state index contributed by atoms with van der Waals surface area (Å²) in [4.78, 5) is 2.57. The summed E-state index contributed by atoms with van der Waals surface area (Å²) in [7, 11) is 1.94. The van der Waals surface area contributed by atoms with Crippen molar-refractivity contribution in [3.8, 4) is 0 Å². The van der Waals surface area contributed by atoms with Crippen LogP contribution in [0.5, 0.6) is 0 Å². The number of fused-ring (bicyclic) bond motifs is 1. The van der Waals surface area contributed by atoms with Gasteiger partial charge in [0.05, 0.1) is 5.69 Å². The highest BCUT2D eigenvalue weighted by molar-refractivity contribution is 5.22. The van der Waals surface area contributed by atoms with Gasteiger partial charge in [0.25, 0.3) is 0 Å². The molecule has 1 aliphatic carbocycles. The molecule has 4 heteroatoms. The van der Waals surface area contributed by atoms with E-state index < -0.39 is 0 Å². The normalized spacial score (nSPS) is 34.8. The molecule has 2 atom stereocenters. The van der Waals surface area contributed by atoms with Gasteiger partial charge in [-0.05, 0) is 25.7 Å². The molecule has 82 valence electrons. The summed E-state index contributed by atoms with van der Waals surface area (Å²) in [6.07, 6.45) is 2.07. The fraction of sp³-hybridized carbons (Fsp3) is 0.818. The van der Waals surface area contributed by atoms with Crippen LogP contribution >= 0.6 is 0 Å². The molecule has 1 aromatic rings. The molecule has 2 fully saturated rings. The van der Waals surface area contributed by atoms with E-state index in [1.807, 2.05) is 11.7 Å². The number of nitrogens with zero attached hydrogens (tertiary/aromatic N) is 4. The van der Waals surface area contributed by atoms with E-state index in [1.165, 1.54) is 18.8 Å². The quantitative estimate of drug-likeness (QED) is 0.720. The van der Waals surface area contributed by atoms with Gasteiger partial charge in [-0.3, -0.25) is 4.68 Å². The minimum absolute atomic E-state index is 0.695. The third-order valence-corrected chi connectivity index (χ3v) is 3.91.